The molecule has 0 spiro atoms. The maximum Gasteiger partial charge on any atom is 0.244 e. The smallest absolute Gasteiger partial charge is 0.244 e. The zero-order valence-corrected chi connectivity index (χ0v) is 14.0. The molecule has 0 saturated carbocycles. The van der Waals surface area contributed by atoms with Gasteiger partial charge in [-0.05, 0) is 40.5 Å². The second-order valence-corrected chi connectivity index (χ2v) is 8.10. The van der Waals surface area contributed by atoms with Crippen LogP contribution in [0.3, 0.4) is 0 Å². The van der Waals surface area contributed by atoms with Crippen LogP contribution >= 0.6 is 31.9 Å². The van der Waals surface area contributed by atoms with Crippen LogP contribution in [-0.4, -0.2) is 48.2 Å². The van der Waals surface area contributed by atoms with Gasteiger partial charge in [0.15, 0.2) is 0 Å². The molecular formula is C11H13Br2NO4S. The minimum absolute atomic E-state index is 0.0958. The van der Waals surface area contributed by atoms with Crippen molar-refractivity contribution in [2.75, 3.05) is 13.1 Å². The Bertz CT molecular complexity index is 595. The van der Waals surface area contributed by atoms with Crippen molar-refractivity contribution in [1.29, 1.82) is 0 Å². The fraction of sp³-hybridized carbons (Fsp3) is 0.455. The average molecular weight is 415 g/mol. The first-order valence-corrected chi connectivity index (χ1v) is 8.58. The topological polar surface area (TPSA) is 77.8 Å². The van der Waals surface area contributed by atoms with Crippen LogP contribution < -0.4 is 0 Å². The van der Waals surface area contributed by atoms with Crippen LogP contribution in [0.4, 0.5) is 0 Å². The third kappa shape index (κ3) is 2.88. The molecule has 5 nitrogen and oxygen atoms in total. The average Bonchev–Trinajstić information content (AvgIpc) is 2.65. The summed E-state index contributed by atoms with van der Waals surface area (Å²) in [5, 5.41) is 18.9. The summed E-state index contributed by atoms with van der Waals surface area (Å²) in [6, 6.07) is 3.23. The van der Waals surface area contributed by atoms with Gasteiger partial charge >= 0.3 is 0 Å². The molecule has 1 heterocycles. The van der Waals surface area contributed by atoms with Crippen molar-refractivity contribution < 1.29 is 18.6 Å². The fourth-order valence-corrected chi connectivity index (χ4v) is 5.01. The van der Waals surface area contributed by atoms with E-state index in [1.54, 1.807) is 6.07 Å². The number of β-amino-alcohol motifs (C(OH)–C–C–N with tert-alkyl or cyclic N) is 2. The second kappa shape index (κ2) is 5.42. The van der Waals surface area contributed by atoms with Gasteiger partial charge in [-0.2, -0.15) is 4.31 Å². The lowest BCUT2D eigenvalue weighted by Gasteiger charge is -2.17. The van der Waals surface area contributed by atoms with Gasteiger partial charge in [0.1, 0.15) is 0 Å². The maximum absolute atomic E-state index is 12.5. The number of hydrogen-bond donors (Lipinski definition) is 2. The Morgan fingerprint density at radius 1 is 1.16 bits per heavy atom. The zero-order chi connectivity index (χ0) is 14.4. The lowest BCUT2D eigenvalue weighted by Crippen LogP contribution is -2.30. The summed E-state index contributed by atoms with van der Waals surface area (Å²) in [6.45, 7) is 1.66. The molecule has 0 radical (unpaired) electrons. The Balaban J connectivity index is 2.43. The van der Waals surface area contributed by atoms with E-state index in [1.165, 1.54) is 6.07 Å². The van der Waals surface area contributed by atoms with Crippen molar-refractivity contribution in [3.05, 3.63) is 26.6 Å². The number of sulfonamides is 1. The Hall–Kier alpha value is 0.01000. The van der Waals surface area contributed by atoms with Crippen molar-refractivity contribution in [2.24, 2.45) is 0 Å². The third-order valence-corrected chi connectivity index (χ3v) is 6.70. The predicted octanol–water partition coefficient (Wildman–Crippen LogP) is 1.25. The molecule has 19 heavy (non-hydrogen) atoms. The zero-order valence-electron chi connectivity index (χ0n) is 10.0. The Morgan fingerprint density at radius 3 is 2.21 bits per heavy atom. The van der Waals surface area contributed by atoms with Gasteiger partial charge < -0.3 is 10.2 Å². The van der Waals surface area contributed by atoms with E-state index in [0.29, 0.717) is 8.95 Å². The summed E-state index contributed by atoms with van der Waals surface area (Å²) in [5.74, 6) is 0. The number of aliphatic hydroxyl groups excluding tert-OH is 2. The summed E-state index contributed by atoms with van der Waals surface area (Å²) >= 11 is 6.55. The number of benzene rings is 1. The first-order chi connectivity index (χ1) is 8.73. The molecule has 106 valence electrons. The van der Waals surface area contributed by atoms with E-state index in [9.17, 15) is 18.6 Å². The van der Waals surface area contributed by atoms with Crippen molar-refractivity contribution >= 4 is 41.9 Å². The van der Waals surface area contributed by atoms with Crippen LogP contribution in [0.2, 0.25) is 0 Å². The number of rotatable bonds is 2. The summed E-state index contributed by atoms with van der Waals surface area (Å²) < 4.78 is 27.2. The highest BCUT2D eigenvalue weighted by Crippen LogP contribution is 2.32. The summed E-state index contributed by atoms with van der Waals surface area (Å²) in [7, 11) is -3.74. The van der Waals surface area contributed by atoms with Crippen LogP contribution in [0.25, 0.3) is 0 Å². The van der Waals surface area contributed by atoms with E-state index in [-0.39, 0.29) is 18.0 Å². The molecule has 2 N–H and O–H groups in total. The summed E-state index contributed by atoms with van der Waals surface area (Å²) in [6.07, 6.45) is -2.08. The van der Waals surface area contributed by atoms with Crippen LogP contribution in [0, 0.1) is 6.92 Å². The molecule has 0 bridgehead atoms. The SMILES string of the molecule is Cc1cc(Br)c(S(=O)(=O)N2CC(O)C(O)C2)cc1Br. The third-order valence-electron chi connectivity index (χ3n) is 3.06. The molecule has 1 aliphatic heterocycles. The van der Waals surface area contributed by atoms with E-state index >= 15 is 0 Å². The number of halogens is 2. The normalized spacial score (nSPS) is 24.9. The van der Waals surface area contributed by atoms with E-state index in [1.807, 2.05) is 6.92 Å². The quantitative estimate of drug-likeness (QED) is 0.763. The number of aliphatic hydroxyl groups is 2. The van der Waals surface area contributed by atoms with Gasteiger partial charge in [-0.3, -0.25) is 0 Å². The maximum atomic E-state index is 12.5. The van der Waals surface area contributed by atoms with Gasteiger partial charge in [0.2, 0.25) is 10.0 Å². The molecule has 2 atom stereocenters. The molecule has 1 fully saturated rings. The van der Waals surface area contributed by atoms with Gasteiger partial charge in [-0.1, -0.05) is 15.9 Å². The number of nitrogens with zero attached hydrogens (tertiary/aromatic N) is 1. The van der Waals surface area contributed by atoms with Gasteiger partial charge in [0, 0.05) is 22.0 Å². The van der Waals surface area contributed by atoms with Crippen LogP contribution in [0.5, 0.6) is 0 Å². The van der Waals surface area contributed by atoms with E-state index in [0.717, 1.165) is 9.87 Å². The van der Waals surface area contributed by atoms with Gasteiger partial charge in [0.05, 0.1) is 17.1 Å². The molecule has 2 rings (SSSR count). The van der Waals surface area contributed by atoms with Crippen molar-refractivity contribution in [1.82, 2.24) is 4.31 Å². The van der Waals surface area contributed by atoms with Crippen molar-refractivity contribution in [3.63, 3.8) is 0 Å². The first kappa shape index (κ1) is 15.4. The molecule has 1 aromatic rings. The monoisotopic (exact) mass is 413 g/mol. The highest BCUT2D eigenvalue weighted by molar-refractivity contribution is 9.11. The molecule has 0 aliphatic carbocycles. The van der Waals surface area contributed by atoms with Crippen LogP contribution in [0.1, 0.15) is 5.56 Å². The molecule has 1 saturated heterocycles. The van der Waals surface area contributed by atoms with Crippen molar-refractivity contribution in [2.45, 2.75) is 24.0 Å². The predicted molar refractivity (Wildman–Crippen MR) is 77.4 cm³/mol. The molecule has 0 amide bonds. The Labute approximate surface area is 128 Å². The number of aryl methyl sites for hydroxylation is 1. The highest BCUT2D eigenvalue weighted by Gasteiger charge is 2.38. The lowest BCUT2D eigenvalue weighted by molar-refractivity contribution is 0.0572. The van der Waals surface area contributed by atoms with Crippen molar-refractivity contribution in [3.8, 4) is 0 Å². The van der Waals surface area contributed by atoms with E-state index in [2.05, 4.69) is 31.9 Å². The Morgan fingerprint density at radius 2 is 1.68 bits per heavy atom. The van der Waals surface area contributed by atoms with Gasteiger partial charge in [-0.15, -0.1) is 0 Å². The second-order valence-electron chi connectivity index (χ2n) is 4.49. The minimum atomic E-state index is -3.74. The largest absolute Gasteiger partial charge is 0.389 e. The molecule has 0 aromatic heterocycles. The van der Waals surface area contributed by atoms with E-state index in [4.69, 9.17) is 0 Å². The molecular weight excluding hydrogens is 402 g/mol. The lowest BCUT2D eigenvalue weighted by atomic mass is 10.2. The number of hydrogen-bond acceptors (Lipinski definition) is 4. The molecule has 2 unspecified atom stereocenters. The van der Waals surface area contributed by atoms with Gasteiger partial charge in [0.25, 0.3) is 0 Å². The van der Waals surface area contributed by atoms with Gasteiger partial charge in [-0.25, -0.2) is 8.42 Å². The molecule has 8 heteroatoms. The van der Waals surface area contributed by atoms with Crippen LogP contribution in [0.15, 0.2) is 26.0 Å². The van der Waals surface area contributed by atoms with E-state index < -0.39 is 22.2 Å². The highest BCUT2D eigenvalue weighted by atomic mass is 79.9. The fourth-order valence-electron chi connectivity index (χ4n) is 1.90. The standard InChI is InChI=1S/C11H13Br2NO4S/c1-6-2-8(13)11(3-7(6)12)19(17,18)14-4-9(15)10(16)5-14/h2-3,9-10,15-16H,4-5H2,1H3. The summed E-state index contributed by atoms with van der Waals surface area (Å²) in [5.41, 5.74) is 0.910. The molecule has 1 aromatic carbocycles. The Kier molecular flexibility index (Phi) is 4.39. The minimum Gasteiger partial charge on any atom is -0.389 e. The summed E-state index contributed by atoms with van der Waals surface area (Å²) in [4.78, 5) is 0.117. The molecule has 1 aliphatic rings. The first-order valence-electron chi connectivity index (χ1n) is 5.55. The van der Waals surface area contributed by atoms with Crippen LogP contribution in [-0.2, 0) is 10.0 Å².